The predicted octanol–water partition coefficient (Wildman–Crippen LogP) is 0.669. The lowest BCUT2D eigenvalue weighted by molar-refractivity contribution is -0.596. The fourth-order valence-corrected chi connectivity index (χ4v) is 8.61. The normalized spacial score (nSPS) is 11.6. The molecule has 0 amide bonds. The van der Waals surface area contributed by atoms with Crippen LogP contribution in [0.25, 0.3) is 0 Å². The van der Waals surface area contributed by atoms with Crippen molar-refractivity contribution in [3.8, 4) is 0 Å². The Hall–Kier alpha value is -0.613. The van der Waals surface area contributed by atoms with E-state index in [4.69, 9.17) is 0 Å². The largest absolute Gasteiger partial charge is 0.358 e. The summed E-state index contributed by atoms with van der Waals surface area (Å²) < 4.78 is 3.17. The van der Waals surface area contributed by atoms with Crippen LogP contribution in [0.2, 0.25) is 19.6 Å². The van der Waals surface area contributed by atoms with E-state index in [1.807, 2.05) is 0 Å². The first-order chi connectivity index (χ1) is 8.48. The monoisotopic (exact) mass is 367 g/mol. The van der Waals surface area contributed by atoms with E-state index >= 15 is 0 Å². The topological polar surface area (TPSA) is 0 Å². The molecule has 0 nitrogen and oxygen atoms in total. The summed E-state index contributed by atoms with van der Waals surface area (Å²) >= 11 is -0.0459. The van der Waals surface area contributed by atoms with Crippen molar-refractivity contribution in [1.29, 1.82) is 0 Å². The van der Waals surface area contributed by atoms with Gasteiger partial charge in [-0.15, -0.1) is 0 Å². The zero-order valence-electron chi connectivity index (χ0n) is 11.5. The number of aryl methyl sites for hydroxylation is 1. The third-order valence-corrected chi connectivity index (χ3v) is 8.79. The van der Waals surface area contributed by atoms with Gasteiger partial charge in [0.2, 0.25) is 0 Å². The second-order valence-corrected chi connectivity index (χ2v) is 13.5. The van der Waals surface area contributed by atoms with Crippen LogP contribution in [0.5, 0.6) is 0 Å². The van der Waals surface area contributed by atoms with Crippen molar-refractivity contribution in [3.63, 3.8) is 0 Å². The standard InChI is InChI=1S/C16H20ISi/c1-13-9-8-12-15(18(2,3)4)16(13)17-14-10-6-5-7-11-14/h5-12H,1-4H3/q+1. The second-order valence-electron chi connectivity index (χ2n) is 5.58. The maximum atomic E-state index is 2.44. The number of hydrogen-bond donors (Lipinski definition) is 0. The lowest BCUT2D eigenvalue weighted by Gasteiger charge is -2.17. The quantitative estimate of drug-likeness (QED) is 0.553. The third kappa shape index (κ3) is 3.23. The number of rotatable bonds is 3. The highest BCUT2D eigenvalue weighted by Gasteiger charge is 2.29. The average molecular weight is 367 g/mol. The minimum atomic E-state index is -1.24. The molecule has 0 unspecified atom stereocenters. The van der Waals surface area contributed by atoms with Crippen LogP contribution in [0.15, 0.2) is 48.5 Å². The van der Waals surface area contributed by atoms with Gasteiger partial charge < -0.3 is 0 Å². The molecule has 0 saturated heterocycles. The molecule has 0 radical (unpaired) electrons. The number of halogens is 1. The highest BCUT2D eigenvalue weighted by atomic mass is 127. The molecule has 2 rings (SSSR count). The maximum Gasteiger partial charge on any atom is 0.358 e. The van der Waals surface area contributed by atoms with Crippen molar-refractivity contribution in [3.05, 3.63) is 61.2 Å². The van der Waals surface area contributed by atoms with Gasteiger partial charge in [0.25, 0.3) is 0 Å². The Morgan fingerprint density at radius 3 is 2.11 bits per heavy atom. The Labute approximate surface area is 122 Å². The first-order valence-corrected chi connectivity index (χ1v) is 11.9. The summed E-state index contributed by atoms with van der Waals surface area (Å²) in [5, 5.41) is 1.65. The molecule has 0 N–H and O–H groups in total. The molecule has 0 aromatic heterocycles. The molecule has 0 heterocycles. The third-order valence-electron chi connectivity index (χ3n) is 2.94. The summed E-state index contributed by atoms with van der Waals surface area (Å²) in [6, 6.07) is 17.8. The predicted molar refractivity (Wildman–Crippen MR) is 78.0 cm³/mol. The SMILES string of the molecule is Cc1cccc([Si](C)(C)C)c1[I+]c1ccccc1. The lowest BCUT2D eigenvalue weighted by atomic mass is 10.2. The Balaban J connectivity index is 2.44. The Morgan fingerprint density at radius 2 is 1.50 bits per heavy atom. The van der Waals surface area contributed by atoms with Gasteiger partial charge in [-0.1, -0.05) is 56.0 Å². The Morgan fingerprint density at radius 1 is 0.833 bits per heavy atom. The molecule has 0 bridgehead atoms. The van der Waals surface area contributed by atoms with Crippen molar-refractivity contribution < 1.29 is 21.2 Å². The fraction of sp³-hybridized carbons (Fsp3) is 0.250. The van der Waals surface area contributed by atoms with Gasteiger partial charge in [-0.05, 0) is 24.2 Å². The second kappa shape index (κ2) is 5.57. The van der Waals surface area contributed by atoms with E-state index in [0.29, 0.717) is 0 Å². The van der Waals surface area contributed by atoms with Gasteiger partial charge >= 0.3 is 21.2 Å². The number of hydrogen-bond acceptors (Lipinski definition) is 0. The van der Waals surface area contributed by atoms with Gasteiger partial charge in [-0.2, -0.15) is 0 Å². The van der Waals surface area contributed by atoms with E-state index in [1.54, 1.807) is 8.76 Å². The smallest absolute Gasteiger partial charge is 0.0655 e. The minimum Gasteiger partial charge on any atom is -0.0655 e. The molecule has 0 fully saturated rings. The average Bonchev–Trinajstić information content (AvgIpc) is 2.32. The molecule has 94 valence electrons. The van der Waals surface area contributed by atoms with Crippen LogP contribution in [0.1, 0.15) is 5.56 Å². The zero-order valence-corrected chi connectivity index (χ0v) is 14.7. The van der Waals surface area contributed by atoms with Crippen LogP contribution in [0.4, 0.5) is 0 Å². The summed E-state index contributed by atoms with van der Waals surface area (Å²) in [4.78, 5) is 0. The molecule has 0 spiro atoms. The number of benzene rings is 2. The van der Waals surface area contributed by atoms with E-state index < -0.39 is 8.07 Å². The van der Waals surface area contributed by atoms with Crippen LogP contribution in [-0.4, -0.2) is 8.07 Å². The van der Waals surface area contributed by atoms with Crippen LogP contribution < -0.4 is 26.4 Å². The fourth-order valence-electron chi connectivity index (χ4n) is 1.94. The molecule has 2 heteroatoms. The van der Waals surface area contributed by atoms with Gasteiger partial charge in [-0.25, -0.2) is 0 Å². The molecule has 0 saturated carbocycles. The highest BCUT2D eigenvalue weighted by molar-refractivity contribution is 6.88. The van der Waals surface area contributed by atoms with Gasteiger partial charge in [0.15, 0.2) is 7.14 Å². The molecule has 2 aromatic carbocycles. The van der Waals surface area contributed by atoms with E-state index in [9.17, 15) is 0 Å². The Kier molecular flexibility index (Phi) is 4.28. The molecular formula is C16H20ISi+. The summed E-state index contributed by atoms with van der Waals surface area (Å²) in [5.74, 6) is 0. The Bertz CT molecular complexity index is 527. The van der Waals surface area contributed by atoms with E-state index in [2.05, 4.69) is 75.1 Å². The first kappa shape index (κ1) is 13.8. The van der Waals surface area contributed by atoms with Gasteiger partial charge in [0.1, 0.15) is 0 Å². The lowest BCUT2D eigenvalue weighted by Crippen LogP contribution is -3.62. The summed E-state index contributed by atoms with van der Waals surface area (Å²) in [6.07, 6.45) is 0. The van der Waals surface area contributed by atoms with Crippen LogP contribution in [0.3, 0.4) is 0 Å². The van der Waals surface area contributed by atoms with E-state index in [0.717, 1.165) is 0 Å². The summed E-state index contributed by atoms with van der Waals surface area (Å²) in [7, 11) is -1.24. The van der Waals surface area contributed by atoms with Crippen LogP contribution in [0, 0.1) is 14.1 Å². The van der Waals surface area contributed by atoms with Gasteiger partial charge in [-0.3, -0.25) is 0 Å². The first-order valence-electron chi connectivity index (χ1n) is 6.28. The molecule has 0 aliphatic rings. The van der Waals surface area contributed by atoms with Crippen LogP contribution >= 0.6 is 0 Å². The summed E-state index contributed by atoms with van der Waals surface area (Å²) in [6.45, 7) is 9.60. The maximum absolute atomic E-state index is 2.44. The highest BCUT2D eigenvalue weighted by Crippen LogP contribution is 2.04. The zero-order chi connectivity index (χ0) is 13.2. The summed E-state index contributed by atoms with van der Waals surface area (Å²) in [5.41, 5.74) is 1.48. The van der Waals surface area contributed by atoms with Gasteiger partial charge in [0.05, 0.1) is 8.07 Å². The molecule has 18 heavy (non-hydrogen) atoms. The van der Waals surface area contributed by atoms with E-state index in [-0.39, 0.29) is 21.2 Å². The van der Waals surface area contributed by atoms with Crippen LogP contribution in [-0.2, 0) is 0 Å². The van der Waals surface area contributed by atoms with E-state index in [1.165, 1.54) is 9.13 Å². The molecule has 0 aliphatic carbocycles. The van der Waals surface area contributed by atoms with Gasteiger partial charge in [0, 0.05) is 5.56 Å². The molecule has 0 atom stereocenters. The van der Waals surface area contributed by atoms with Crippen molar-refractivity contribution in [2.45, 2.75) is 26.6 Å². The molecule has 0 aliphatic heterocycles. The van der Waals surface area contributed by atoms with Crippen molar-refractivity contribution in [2.75, 3.05) is 0 Å². The molecular weight excluding hydrogens is 347 g/mol. The van der Waals surface area contributed by atoms with Crippen molar-refractivity contribution in [2.24, 2.45) is 0 Å². The van der Waals surface area contributed by atoms with Crippen molar-refractivity contribution >= 4 is 13.3 Å². The molecule has 2 aromatic rings. The minimum absolute atomic E-state index is 0.0459. The van der Waals surface area contributed by atoms with Crippen molar-refractivity contribution in [1.82, 2.24) is 0 Å².